The molecule has 1 aliphatic heterocycles. The Labute approximate surface area is 140 Å². The Morgan fingerprint density at radius 1 is 1.17 bits per heavy atom. The van der Waals surface area contributed by atoms with Gasteiger partial charge in [-0.1, -0.05) is 13.3 Å². The molecule has 24 heavy (non-hydrogen) atoms. The summed E-state index contributed by atoms with van der Waals surface area (Å²) >= 11 is 0. The van der Waals surface area contributed by atoms with E-state index in [1.54, 1.807) is 6.07 Å². The van der Waals surface area contributed by atoms with Crippen molar-refractivity contribution in [1.82, 2.24) is 15.3 Å². The fourth-order valence-corrected chi connectivity index (χ4v) is 2.29. The van der Waals surface area contributed by atoms with Crippen LogP contribution in [0, 0.1) is 0 Å². The molecule has 7 nitrogen and oxygen atoms in total. The summed E-state index contributed by atoms with van der Waals surface area (Å²) in [7, 11) is 0. The van der Waals surface area contributed by atoms with Gasteiger partial charge in [-0.3, -0.25) is 4.79 Å². The molecule has 1 aliphatic rings. The van der Waals surface area contributed by atoms with E-state index in [0.29, 0.717) is 37.0 Å². The summed E-state index contributed by atoms with van der Waals surface area (Å²) in [6.07, 6.45) is 3.34. The highest BCUT2D eigenvalue weighted by Gasteiger charge is 2.13. The van der Waals surface area contributed by atoms with Crippen LogP contribution in [-0.2, 0) is 0 Å². The van der Waals surface area contributed by atoms with E-state index in [4.69, 9.17) is 9.47 Å². The van der Waals surface area contributed by atoms with E-state index in [1.165, 1.54) is 6.33 Å². The summed E-state index contributed by atoms with van der Waals surface area (Å²) in [5.41, 5.74) is 1.14. The first-order chi connectivity index (χ1) is 11.8. The molecule has 0 saturated carbocycles. The van der Waals surface area contributed by atoms with Gasteiger partial charge >= 0.3 is 0 Å². The first kappa shape index (κ1) is 16.0. The van der Waals surface area contributed by atoms with Crippen LogP contribution in [0.5, 0.6) is 11.5 Å². The smallest absolute Gasteiger partial charge is 0.270 e. The minimum absolute atomic E-state index is 0.198. The number of nitrogens with one attached hydrogen (secondary N) is 2. The van der Waals surface area contributed by atoms with E-state index in [-0.39, 0.29) is 5.91 Å². The zero-order valence-electron chi connectivity index (χ0n) is 13.5. The second kappa shape index (κ2) is 7.63. The lowest BCUT2D eigenvalue weighted by Gasteiger charge is -2.19. The quantitative estimate of drug-likeness (QED) is 0.793. The topological polar surface area (TPSA) is 85.4 Å². The Bertz CT molecular complexity index is 721. The Hall–Kier alpha value is -2.83. The predicted octanol–water partition coefficient (Wildman–Crippen LogP) is 2.52. The zero-order chi connectivity index (χ0) is 16.8. The number of carbonyl (C=O) groups is 1. The van der Waals surface area contributed by atoms with Crippen molar-refractivity contribution in [3.05, 3.63) is 36.3 Å². The van der Waals surface area contributed by atoms with Crippen LogP contribution in [0.1, 0.15) is 30.3 Å². The highest BCUT2D eigenvalue weighted by molar-refractivity contribution is 5.92. The lowest BCUT2D eigenvalue weighted by atomic mass is 10.2. The van der Waals surface area contributed by atoms with Crippen LogP contribution in [0.25, 0.3) is 0 Å². The van der Waals surface area contributed by atoms with Gasteiger partial charge in [0.05, 0.1) is 0 Å². The second-order valence-corrected chi connectivity index (χ2v) is 5.38. The molecule has 0 unspecified atom stereocenters. The molecule has 7 heteroatoms. The molecular weight excluding hydrogens is 308 g/mol. The number of fused-ring (bicyclic) bond motifs is 1. The number of nitrogens with zero attached hydrogens (tertiary/aromatic N) is 2. The van der Waals surface area contributed by atoms with E-state index in [9.17, 15) is 4.79 Å². The fraction of sp³-hybridized carbons (Fsp3) is 0.353. The van der Waals surface area contributed by atoms with Crippen LogP contribution < -0.4 is 20.1 Å². The highest BCUT2D eigenvalue weighted by atomic mass is 16.6. The highest BCUT2D eigenvalue weighted by Crippen LogP contribution is 2.33. The molecule has 0 atom stereocenters. The molecular formula is C17H20N4O3. The number of ether oxygens (including phenoxy) is 2. The monoisotopic (exact) mass is 328 g/mol. The molecule has 0 fully saturated rings. The van der Waals surface area contributed by atoms with Gasteiger partial charge in [0.15, 0.2) is 11.5 Å². The van der Waals surface area contributed by atoms with E-state index in [1.807, 2.05) is 18.2 Å². The Morgan fingerprint density at radius 2 is 2.00 bits per heavy atom. The average molecular weight is 328 g/mol. The van der Waals surface area contributed by atoms with Crippen molar-refractivity contribution < 1.29 is 14.3 Å². The minimum Gasteiger partial charge on any atom is -0.486 e. The van der Waals surface area contributed by atoms with Gasteiger partial charge in [-0.2, -0.15) is 0 Å². The van der Waals surface area contributed by atoms with Crippen molar-refractivity contribution in [2.75, 3.05) is 25.1 Å². The van der Waals surface area contributed by atoms with Crippen LogP contribution in [0.2, 0.25) is 0 Å². The molecule has 2 heterocycles. The molecule has 0 radical (unpaired) electrons. The number of rotatable bonds is 6. The Balaban J connectivity index is 1.69. The van der Waals surface area contributed by atoms with Crippen LogP contribution in [0.3, 0.4) is 0 Å². The van der Waals surface area contributed by atoms with Crippen LogP contribution in [0.15, 0.2) is 30.6 Å². The van der Waals surface area contributed by atoms with Gasteiger partial charge in [-0.25, -0.2) is 9.97 Å². The normalized spacial score (nSPS) is 12.5. The van der Waals surface area contributed by atoms with Crippen molar-refractivity contribution in [3.8, 4) is 11.5 Å². The van der Waals surface area contributed by atoms with Crippen LogP contribution >= 0.6 is 0 Å². The molecule has 1 aromatic carbocycles. The number of hydrogen-bond acceptors (Lipinski definition) is 6. The summed E-state index contributed by atoms with van der Waals surface area (Å²) < 4.78 is 11.1. The average Bonchev–Trinajstić information content (AvgIpc) is 2.62. The van der Waals surface area contributed by atoms with Gasteiger partial charge < -0.3 is 20.1 Å². The summed E-state index contributed by atoms with van der Waals surface area (Å²) in [4.78, 5) is 20.2. The summed E-state index contributed by atoms with van der Waals surface area (Å²) in [5.74, 6) is 1.77. The van der Waals surface area contributed by atoms with Gasteiger partial charge in [0.25, 0.3) is 5.91 Å². The molecule has 126 valence electrons. The summed E-state index contributed by atoms with van der Waals surface area (Å²) in [5, 5.41) is 5.99. The van der Waals surface area contributed by atoms with Gasteiger partial charge in [0.2, 0.25) is 0 Å². The minimum atomic E-state index is -0.198. The molecule has 2 aromatic rings. The maximum atomic E-state index is 12.1. The number of aromatic nitrogens is 2. The third-order valence-electron chi connectivity index (χ3n) is 3.53. The summed E-state index contributed by atoms with van der Waals surface area (Å²) in [6, 6.07) is 7.18. The molecule has 0 bridgehead atoms. The van der Waals surface area contributed by atoms with E-state index < -0.39 is 0 Å². The van der Waals surface area contributed by atoms with E-state index >= 15 is 0 Å². The van der Waals surface area contributed by atoms with Crippen molar-refractivity contribution in [2.45, 2.75) is 19.8 Å². The maximum absolute atomic E-state index is 12.1. The third kappa shape index (κ3) is 3.92. The molecule has 1 amide bonds. The first-order valence-electron chi connectivity index (χ1n) is 8.03. The molecule has 0 spiro atoms. The number of anilines is 2. The van der Waals surface area contributed by atoms with Gasteiger partial charge in [0, 0.05) is 24.4 Å². The largest absolute Gasteiger partial charge is 0.486 e. The zero-order valence-corrected chi connectivity index (χ0v) is 13.5. The molecule has 2 N–H and O–H groups in total. The van der Waals surface area contributed by atoms with Crippen molar-refractivity contribution in [1.29, 1.82) is 0 Å². The summed E-state index contributed by atoms with van der Waals surface area (Å²) in [6.45, 7) is 3.81. The van der Waals surface area contributed by atoms with E-state index in [2.05, 4.69) is 27.5 Å². The van der Waals surface area contributed by atoms with Gasteiger partial charge in [0.1, 0.15) is 31.1 Å². The molecule has 0 aliphatic carbocycles. The SMILES string of the molecule is CCCCNC(=O)c1cc(Nc2ccc3c(c2)OCCO3)ncn1. The number of carbonyl (C=O) groups excluding carboxylic acids is 1. The van der Waals surface area contributed by atoms with Crippen molar-refractivity contribution in [2.24, 2.45) is 0 Å². The number of amides is 1. The van der Waals surface area contributed by atoms with Gasteiger partial charge in [-0.05, 0) is 18.6 Å². The fourth-order valence-electron chi connectivity index (χ4n) is 2.29. The Morgan fingerprint density at radius 3 is 2.83 bits per heavy atom. The number of benzene rings is 1. The lowest BCUT2D eigenvalue weighted by Crippen LogP contribution is -2.25. The second-order valence-electron chi connectivity index (χ2n) is 5.38. The van der Waals surface area contributed by atoms with Crippen LogP contribution in [0.4, 0.5) is 11.5 Å². The standard InChI is InChI=1S/C17H20N4O3/c1-2-3-6-18-17(22)13-10-16(20-11-19-13)21-12-4-5-14-15(9-12)24-8-7-23-14/h4-5,9-11H,2-3,6-8H2,1H3,(H,18,22)(H,19,20,21). The van der Waals surface area contributed by atoms with E-state index in [0.717, 1.165) is 24.3 Å². The molecule has 3 rings (SSSR count). The predicted molar refractivity (Wildman–Crippen MR) is 90.0 cm³/mol. The van der Waals surface area contributed by atoms with Crippen LogP contribution in [-0.4, -0.2) is 35.6 Å². The number of hydrogen-bond donors (Lipinski definition) is 2. The van der Waals surface area contributed by atoms with Crippen molar-refractivity contribution in [3.63, 3.8) is 0 Å². The Kier molecular flexibility index (Phi) is 5.10. The maximum Gasteiger partial charge on any atom is 0.270 e. The van der Waals surface area contributed by atoms with Gasteiger partial charge in [-0.15, -0.1) is 0 Å². The number of unbranched alkanes of at least 4 members (excludes halogenated alkanes) is 1. The lowest BCUT2D eigenvalue weighted by molar-refractivity contribution is 0.0948. The molecule has 1 aromatic heterocycles. The van der Waals surface area contributed by atoms with Crippen molar-refractivity contribution >= 4 is 17.4 Å². The third-order valence-corrected chi connectivity index (χ3v) is 3.53. The molecule has 0 saturated heterocycles. The first-order valence-corrected chi connectivity index (χ1v) is 8.03.